The van der Waals surface area contributed by atoms with Crippen molar-refractivity contribution in [3.63, 3.8) is 0 Å². The van der Waals surface area contributed by atoms with Crippen LogP contribution in [0.2, 0.25) is 0 Å². The zero-order valence-electron chi connectivity index (χ0n) is 34.3. The number of hydrogen-bond donors (Lipinski definition) is 3. The highest BCUT2D eigenvalue weighted by atomic mass is 16.2. The maximum absolute atomic E-state index is 15.1. The molecule has 2 spiro atoms. The summed E-state index contributed by atoms with van der Waals surface area (Å²) >= 11 is 0. The van der Waals surface area contributed by atoms with Gasteiger partial charge in [0.2, 0.25) is 23.5 Å². The van der Waals surface area contributed by atoms with Gasteiger partial charge in [0.05, 0.1) is 18.0 Å². The zero-order chi connectivity index (χ0) is 39.2. The smallest absolute Gasteiger partial charge is 0.289 e. The molecule has 3 N–H and O–H groups in total. The molecule has 4 aliphatic carbocycles. The van der Waals surface area contributed by atoms with E-state index < -0.39 is 47.1 Å². The van der Waals surface area contributed by atoms with E-state index in [4.69, 9.17) is 0 Å². The number of fused-ring (bicyclic) bond motifs is 1. The molecular weight excluding hydrogens is 683 g/mol. The van der Waals surface area contributed by atoms with Gasteiger partial charge in [-0.1, -0.05) is 73.6 Å². The molecule has 302 valence electrons. The zero-order valence-corrected chi connectivity index (χ0v) is 34.3. The number of piperidine rings is 1. The molecule has 4 saturated carbocycles. The van der Waals surface area contributed by atoms with Crippen molar-refractivity contribution in [2.75, 3.05) is 26.7 Å². The number of carbonyl (C=O) groups is 6. The Hall–Kier alpha value is -2.82. The minimum atomic E-state index is -0.969. The topological polar surface area (TPSA) is 145 Å². The van der Waals surface area contributed by atoms with E-state index in [9.17, 15) is 24.0 Å². The van der Waals surface area contributed by atoms with Gasteiger partial charge in [-0.2, -0.15) is 0 Å². The number of ketones is 2. The first kappa shape index (κ1) is 40.8. The van der Waals surface area contributed by atoms with Crippen molar-refractivity contribution in [1.82, 2.24) is 25.8 Å². The van der Waals surface area contributed by atoms with Crippen molar-refractivity contribution in [2.24, 2.45) is 39.4 Å². The lowest BCUT2D eigenvalue weighted by atomic mass is 9.73. The number of nitrogens with zero attached hydrogens (tertiary/aromatic N) is 2. The molecule has 54 heavy (non-hydrogen) atoms. The third-order valence-electron chi connectivity index (χ3n) is 15.3. The number of rotatable bonds is 14. The fourth-order valence-electron chi connectivity index (χ4n) is 11.4. The first-order valence-corrected chi connectivity index (χ1v) is 21.4. The molecule has 0 radical (unpaired) electrons. The van der Waals surface area contributed by atoms with Crippen LogP contribution in [0.5, 0.6) is 0 Å². The molecule has 0 aromatic carbocycles. The molecule has 0 aromatic rings. The SMILES string of the molecule is CCC[C@H](NC(=O)[C@@H]1C[C@@]2(CN1C(=O)[C@@H](CC(=O)[C@@H](NC(=O)[C@H]1CCCN(C)C1)C1CCCCC1)C(C)(C)C)C(C)(C)C21CCC1)C(=O)C(=O)NC1CC1. The van der Waals surface area contributed by atoms with E-state index in [0.29, 0.717) is 32.4 Å². The highest BCUT2D eigenvalue weighted by Crippen LogP contribution is 2.88. The largest absolute Gasteiger partial charge is 0.347 e. The molecule has 6 rings (SSSR count). The molecule has 6 fully saturated rings. The number of likely N-dealkylation sites (tertiary alicyclic amines) is 2. The van der Waals surface area contributed by atoms with E-state index in [1.165, 1.54) is 0 Å². The molecule has 2 saturated heterocycles. The first-order valence-electron chi connectivity index (χ1n) is 21.4. The highest BCUT2D eigenvalue weighted by molar-refractivity contribution is 6.38. The Kier molecular flexibility index (Phi) is 11.8. The Morgan fingerprint density at radius 2 is 1.52 bits per heavy atom. The van der Waals surface area contributed by atoms with E-state index in [-0.39, 0.29) is 58.1 Å². The quantitative estimate of drug-likeness (QED) is 0.213. The Balaban J connectivity index is 1.25. The number of amides is 4. The van der Waals surface area contributed by atoms with Crippen molar-refractivity contribution in [3.05, 3.63) is 0 Å². The van der Waals surface area contributed by atoms with Gasteiger partial charge in [-0.05, 0) is 100.0 Å². The normalized spacial score (nSPS) is 29.5. The van der Waals surface area contributed by atoms with Crippen LogP contribution >= 0.6 is 0 Å². The lowest BCUT2D eigenvalue weighted by Crippen LogP contribution is -2.55. The van der Waals surface area contributed by atoms with Crippen molar-refractivity contribution >= 4 is 35.2 Å². The van der Waals surface area contributed by atoms with Crippen LogP contribution in [0, 0.1) is 39.4 Å². The Morgan fingerprint density at radius 3 is 2.07 bits per heavy atom. The number of Topliss-reactive ketones (excluding diaryl/α,β-unsaturated/α-hetero) is 2. The second-order valence-corrected chi connectivity index (χ2v) is 19.9. The van der Waals surface area contributed by atoms with Gasteiger partial charge in [-0.15, -0.1) is 0 Å². The van der Waals surface area contributed by atoms with Gasteiger partial charge in [-0.3, -0.25) is 28.8 Å². The Morgan fingerprint density at radius 1 is 0.833 bits per heavy atom. The molecule has 0 bridgehead atoms. The minimum absolute atomic E-state index is 0.0149. The summed E-state index contributed by atoms with van der Waals surface area (Å²) in [5.41, 5.74) is -0.842. The second kappa shape index (κ2) is 15.6. The van der Waals surface area contributed by atoms with Crippen molar-refractivity contribution < 1.29 is 28.8 Å². The van der Waals surface area contributed by atoms with Crippen LogP contribution in [0.15, 0.2) is 0 Å². The summed E-state index contributed by atoms with van der Waals surface area (Å²) in [7, 11) is 2.03. The molecule has 6 aliphatic rings. The monoisotopic (exact) mass is 752 g/mol. The van der Waals surface area contributed by atoms with Gasteiger partial charge in [-0.25, -0.2) is 0 Å². The highest BCUT2D eigenvalue weighted by Gasteiger charge is 2.85. The summed E-state index contributed by atoms with van der Waals surface area (Å²) in [6.07, 6.45) is 13.0. The van der Waals surface area contributed by atoms with Gasteiger partial charge in [0.1, 0.15) is 6.04 Å². The predicted molar refractivity (Wildman–Crippen MR) is 207 cm³/mol. The van der Waals surface area contributed by atoms with Gasteiger partial charge < -0.3 is 25.8 Å². The number of hydrogen-bond acceptors (Lipinski definition) is 7. The van der Waals surface area contributed by atoms with Crippen LogP contribution in [0.25, 0.3) is 0 Å². The molecule has 0 aromatic heterocycles. The first-order chi connectivity index (χ1) is 25.5. The van der Waals surface area contributed by atoms with Crippen LogP contribution in [-0.2, 0) is 28.8 Å². The molecule has 0 unspecified atom stereocenters. The summed E-state index contributed by atoms with van der Waals surface area (Å²) in [5, 5.41) is 8.95. The summed E-state index contributed by atoms with van der Waals surface area (Å²) in [6.45, 7) is 14.5. The van der Waals surface area contributed by atoms with Crippen molar-refractivity contribution in [1.29, 1.82) is 0 Å². The van der Waals surface area contributed by atoms with Crippen molar-refractivity contribution in [2.45, 2.75) is 168 Å². The summed E-state index contributed by atoms with van der Waals surface area (Å²) < 4.78 is 0. The van der Waals surface area contributed by atoms with Gasteiger partial charge in [0.15, 0.2) is 5.78 Å². The van der Waals surface area contributed by atoms with Gasteiger partial charge in [0, 0.05) is 36.9 Å². The van der Waals surface area contributed by atoms with Crippen LogP contribution in [-0.4, -0.2) is 95.8 Å². The van der Waals surface area contributed by atoms with E-state index in [1.54, 1.807) is 4.90 Å². The molecule has 4 amide bonds. The van der Waals surface area contributed by atoms with Gasteiger partial charge >= 0.3 is 0 Å². The number of nitrogens with one attached hydrogen (secondary N) is 3. The van der Waals surface area contributed by atoms with E-state index >= 15 is 4.79 Å². The van der Waals surface area contributed by atoms with Crippen LogP contribution < -0.4 is 16.0 Å². The van der Waals surface area contributed by atoms with Gasteiger partial charge in [0.25, 0.3) is 5.91 Å². The maximum Gasteiger partial charge on any atom is 0.289 e. The van der Waals surface area contributed by atoms with E-state index in [1.807, 2.05) is 34.7 Å². The molecule has 6 atom stereocenters. The summed E-state index contributed by atoms with van der Waals surface area (Å²) in [5.74, 6) is -2.90. The van der Waals surface area contributed by atoms with Crippen LogP contribution in [0.3, 0.4) is 0 Å². The fraction of sp³-hybridized carbons (Fsp3) is 0.860. The maximum atomic E-state index is 15.1. The molecular formula is C43H69N5O6. The van der Waals surface area contributed by atoms with E-state index in [2.05, 4.69) is 34.7 Å². The van der Waals surface area contributed by atoms with Crippen LogP contribution in [0.1, 0.15) is 144 Å². The van der Waals surface area contributed by atoms with Crippen LogP contribution in [0.4, 0.5) is 0 Å². The third-order valence-corrected chi connectivity index (χ3v) is 15.3. The summed E-state index contributed by atoms with van der Waals surface area (Å²) in [4.78, 5) is 88.0. The molecule has 11 heteroatoms. The molecule has 2 heterocycles. The average molecular weight is 752 g/mol. The van der Waals surface area contributed by atoms with E-state index in [0.717, 1.165) is 83.6 Å². The standard InChI is InChI=1S/C43H69N5O6/c1-8-14-31(35(50)38(53)44-29-18-19-29)45-37(52)32-24-43(41(5,6)42(43)20-13-21-42)26-48(32)39(54)30(40(2,3)4)23-33(49)34(27-15-10-9-11-16-27)46-36(51)28-17-12-22-47(7)25-28/h27-32,34H,8-26H2,1-7H3,(H,44,53)(H,45,52)(H,46,51)/t28-,30+,31-,32-,34-,43+/m0/s1. The lowest BCUT2D eigenvalue weighted by molar-refractivity contribution is -0.147. The molecule has 11 nitrogen and oxygen atoms in total. The fourth-order valence-corrected chi connectivity index (χ4v) is 11.4. The van der Waals surface area contributed by atoms with Crippen molar-refractivity contribution in [3.8, 4) is 0 Å². The lowest BCUT2D eigenvalue weighted by Gasteiger charge is -2.37. The molecule has 2 aliphatic heterocycles. The Bertz CT molecular complexity index is 1470. The summed E-state index contributed by atoms with van der Waals surface area (Å²) in [6, 6.07) is -2.40. The second-order valence-electron chi connectivity index (χ2n) is 19.9. The average Bonchev–Trinajstić information content (AvgIpc) is 3.93. The number of carbonyl (C=O) groups excluding carboxylic acids is 6. The third kappa shape index (κ3) is 7.65. The Labute approximate surface area is 323 Å². The minimum Gasteiger partial charge on any atom is -0.347 e. The predicted octanol–water partition coefficient (Wildman–Crippen LogP) is 4.94.